The summed E-state index contributed by atoms with van der Waals surface area (Å²) in [5, 5.41) is 30.8. The van der Waals surface area contributed by atoms with E-state index in [2.05, 4.69) is 0 Å². The molecular weight excluding hydrogens is 438 g/mol. The Bertz CT molecular complexity index is 1270. The highest BCUT2D eigenvalue weighted by molar-refractivity contribution is 7.86. The lowest BCUT2D eigenvalue weighted by Crippen LogP contribution is -2.17. The normalized spacial score (nSPS) is 11.2. The number of hydrogen-bond acceptors (Lipinski definition) is 8. The average molecular weight is 451 g/mol. The van der Waals surface area contributed by atoms with Crippen LogP contribution in [0, 0.1) is 31.6 Å². The molecule has 0 amide bonds. The second kappa shape index (κ2) is 9.59. The number of benzene rings is 3. The fourth-order valence-electron chi connectivity index (χ4n) is 2.75. The Kier molecular flexibility index (Phi) is 6.67. The van der Waals surface area contributed by atoms with Crippen LogP contribution in [-0.2, 0) is 15.6 Å². The third kappa shape index (κ3) is 5.18. The molecular formula is C21H13N3O7S. The van der Waals surface area contributed by atoms with Gasteiger partial charge in [-0.15, -0.1) is 0 Å². The minimum Gasteiger partial charge on any atom is -0.426 e. The van der Waals surface area contributed by atoms with E-state index in [1.807, 2.05) is 6.07 Å². The standard InChI is InChI=1S/C21H13N3O7S/c22-12-14-1-3-15(4-2-14)16-5-8-18(9-6-16)31-21(25)13-32(30)20-10-7-17(23(26)27)11-19(20)24(28)29/h1-11H,13H2. The van der Waals surface area contributed by atoms with Gasteiger partial charge >= 0.3 is 5.97 Å². The van der Waals surface area contributed by atoms with Crippen molar-refractivity contribution in [2.45, 2.75) is 4.90 Å². The van der Waals surface area contributed by atoms with Crippen LogP contribution in [0.4, 0.5) is 11.4 Å². The van der Waals surface area contributed by atoms with Gasteiger partial charge in [-0.25, -0.2) is 0 Å². The van der Waals surface area contributed by atoms with Crippen molar-refractivity contribution in [3.8, 4) is 22.9 Å². The molecule has 10 nitrogen and oxygen atoms in total. The van der Waals surface area contributed by atoms with Gasteiger partial charge in [0.05, 0.1) is 38.3 Å². The van der Waals surface area contributed by atoms with Crippen LogP contribution < -0.4 is 4.74 Å². The van der Waals surface area contributed by atoms with E-state index < -0.39 is 43.7 Å². The van der Waals surface area contributed by atoms with Crippen molar-refractivity contribution < 1.29 is 23.6 Å². The Morgan fingerprint density at radius 2 is 1.53 bits per heavy atom. The Hall–Kier alpha value is -4.43. The molecule has 160 valence electrons. The molecule has 0 fully saturated rings. The van der Waals surface area contributed by atoms with Crippen molar-refractivity contribution in [3.05, 3.63) is 92.5 Å². The topological polar surface area (TPSA) is 153 Å². The number of carbonyl (C=O) groups is 1. The summed E-state index contributed by atoms with van der Waals surface area (Å²) >= 11 is 0. The van der Waals surface area contributed by atoms with Gasteiger partial charge in [0.2, 0.25) is 0 Å². The average Bonchev–Trinajstić information content (AvgIpc) is 2.79. The lowest BCUT2D eigenvalue weighted by atomic mass is 10.0. The number of nitrogens with zero attached hydrogens (tertiary/aromatic N) is 3. The van der Waals surface area contributed by atoms with E-state index >= 15 is 0 Å². The van der Waals surface area contributed by atoms with E-state index in [4.69, 9.17) is 10.00 Å². The fraction of sp³-hybridized carbons (Fsp3) is 0.0476. The highest BCUT2D eigenvalue weighted by atomic mass is 32.2. The van der Waals surface area contributed by atoms with E-state index in [0.29, 0.717) is 11.6 Å². The number of nitriles is 1. The van der Waals surface area contributed by atoms with Crippen molar-refractivity contribution in [3.63, 3.8) is 0 Å². The maximum absolute atomic E-state index is 12.5. The summed E-state index contributed by atoms with van der Waals surface area (Å²) in [6.45, 7) is 0. The molecule has 0 saturated heterocycles. The maximum Gasteiger partial charge on any atom is 0.324 e. The lowest BCUT2D eigenvalue weighted by Gasteiger charge is -2.07. The number of nitro benzene ring substituents is 2. The Morgan fingerprint density at radius 3 is 2.06 bits per heavy atom. The summed E-state index contributed by atoms with van der Waals surface area (Å²) in [6, 6.07) is 18.1. The van der Waals surface area contributed by atoms with Crippen molar-refractivity contribution >= 4 is 28.1 Å². The summed E-state index contributed by atoms with van der Waals surface area (Å²) < 4.78 is 17.6. The number of hydrogen-bond donors (Lipinski definition) is 0. The Balaban J connectivity index is 1.69. The summed E-state index contributed by atoms with van der Waals surface area (Å²) in [4.78, 5) is 32.1. The number of non-ortho nitro benzene ring substituents is 1. The number of rotatable bonds is 7. The number of carbonyl (C=O) groups excluding carboxylic acids is 1. The molecule has 3 aromatic carbocycles. The van der Waals surface area contributed by atoms with Gasteiger partial charge in [-0.05, 0) is 41.5 Å². The molecule has 0 heterocycles. The smallest absolute Gasteiger partial charge is 0.324 e. The van der Waals surface area contributed by atoms with Gasteiger partial charge in [0.25, 0.3) is 11.4 Å². The predicted molar refractivity (Wildman–Crippen MR) is 113 cm³/mol. The second-order valence-corrected chi connectivity index (χ2v) is 7.76. The third-order valence-corrected chi connectivity index (χ3v) is 5.61. The molecule has 0 aliphatic heterocycles. The van der Waals surface area contributed by atoms with Crippen molar-refractivity contribution in [2.75, 3.05) is 5.75 Å². The molecule has 3 aromatic rings. The molecule has 0 radical (unpaired) electrons. The highest BCUT2D eigenvalue weighted by Gasteiger charge is 2.25. The van der Waals surface area contributed by atoms with E-state index in [1.165, 1.54) is 12.1 Å². The first kappa shape index (κ1) is 22.3. The SMILES string of the molecule is N#Cc1ccc(-c2ccc(OC(=O)CS(=O)c3ccc([N+](=O)[O-])cc3[N+](=O)[O-])cc2)cc1. The quantitative estimate of drug-likeness (QED) is 0.228. The molecule has 0 aliphatic rings. The van der Waals surface area contributed by atoms with Gasteiger partial charge < -0.3 is 4.74 Å². The van der Waals surface area contributed by atoms with Crippen LogP contribution in [0.2, 0.25) is 0 Å². The molecule has 0 N–H and O–H groups in total. The van der Waals surface area contributed by atoms with Crippen LogP contribution in [0.1, 0.15) is 5.56 Å². The summed E-state index contributed by atoms with van der Waals surface area (Å²) in [5.41, 5.74) is 0.966. The van der Waals surface area contributed by atoms with Gasteiger partial charge in [0, 0.05) is 6.07 Å². The molecule has 0 bridgehead atoms. The molecule has 0 spiro atoms. The zero-order chi connectivity index (χ0) is 23.3. The zero-order valence-corrected chi connectivity index (χ0v) is 17.0. The third-order valence-electron chi connectivity index (χ3n) is 4.28. The van der Waals surface area contributed by atoms with Crippen LogP contribution in [0.3, 0.4) is 0 Å². The lowest BCUT2D eigenvalue weighted by molar-refractivity contribution is -0.396. The number of nitro groups is 2. The molecule has 3 rings (SSSR count). The van der Waals surface area contributed by atoms with E-state index in [-0.39, 0.29) is 10.6 Å². The summed E-state index contributed by atoms with van der Waals surface area (Å²) in [5.74, 6) is -1.37. The van der Waals surface area contributed by atoms with Crippen LogP contribution in [0.15, 0.2) is 71.6 Å². The minimum atomic E-state index is -2.14. The van der Waals surface area contributed by atoms with Gasteiger partial charge in [-0.2, -0.15) is 5.26 Å². The monoisotopic (exact) mass is 451 g/mol. The summed E-state index contributed by atoms with van der Waals surface area (Å²) in [7, 11) is -2.14. The Morgan fingerprint density at radius 1 is 0.938 bits per heavy atom. The number of esters is 1. The van der Waals surface area contributed by atoms with E-state index in [0.717, 1.165) is 23.3 Å². The summed E-state index contributed by atoms with van der Waals surface area (Å²) in [6.07, 6.45) is 0. The molecule has 11 heteroatoms. The molecule has 0 aliphatic carbocycles. The first-order valence-electron chi connectivity index (χ1n) is 8.91. The van der Waals surface area contributed by atoms with Gasteiger partial charge in [-0.3, -0.25) is 29.2 Å². The predicted octanol–water partition coefficient (Wildman–Crippen LogP) is 3.75. The van der Waals surface area contributed by atoms with Crippen molar-refractivity contribution in [2.24, 2.45) is 0 Å². The van der Waals surface area contributed by atoms with E-state index in [9.17, 15) is 29.2 Å². The van der Waals surface area contributed by atoms with Gasteiger partial charge in [-0.1, -0.05) is 24.3 Å². The zero-order valence-electron chi connectivity index (χ0n) is 16.2. The van der Waals surface area contributed by atoms with Crippen LogP contribution >= 0.6 is 0 Å². The first-order valence-corrected chi connectivity index (χ1v) is 10.2. The number of ether oxygens (including phenoxy) is 1. The molecule has 32 heavy (non-hydrogen) atoms. The van der Waals surface area contributed by atoms with Crippen molar-refractivity contribution in [1.82, 2.24) is 0 Å². The van der Waals surface area contributed by atoms with Gasteiger partial charge in [0.1, 0.15) is 16.4 Å². The highest BCUT2D eigenvalue weighted by Crippen LogP contribution is 2.28. The van der Waals surface area contributed by atoms with Crippen LogP contribution in [-0.4, -0.2) is 25.8 Å². The maximum atomic E-state index is 12.5. The molecule has 0 saturated carbocycles. The minimum absolute atomic E-state index is 0.183. The Labute approximate surface area is 183 Å². The van der Waals surface area contributed by atoms with Crippen LogP contribution in [0.5, 0.6) is 5.75 Å². The first-order chi connectivity index (χ1) is 15.3. The van der Waals surface area contributed by atoms with Crippen LogP contribution in [0.25, 0.3) is 11.1 Å². The molecule has 0 aromatic heterocycles. The second-order valence-electron chi connectivity index (χ2n) is 6.34. The largest absolute Gasteiger partial charge is 0.426 e. The van der Waals surface area contributed by atoms with E-state index in [1.54, 1.807) is 36.4 Å². The van der Waals surface area contributed by atoms with Gasteiger partial charge in [0.15, 0.2) is 0 Å². The molecule has 1 unspecified atom stereocenters. The van der Waals surface area contributed by atoms with Crippen molar-refractivity contribution in [1.29, 1.82) is 5.26 Å². The molecule has 1 atom stereocenters. The fourth-order valence-corrected chi connectivity index (χ4v) is 3.77.